The molecule has 4 nitrogen and oxygen atoms in total. The van der Waals surface area contributed by atoms with Crippen LogP contribution in [0.5, 0.6) is 0 Å². The summed E-state index contributed by atoms with van der Waals surface area (Å²) in [7, 11) is 0. The summed E-state index contributed by atoms with van der Waals surface area (Å²) in [5.41, 5.74) is 1.12. The van der Waals surface area contributed by atoms with Crippen LogP contribution in [0.1, 0.15) is 18.6 Å². The lowest BCUT2D eigenvalue weighted by Gasteiger charge is -2.44. The first kappa shape index (κ1) is 14.9. The van der Waals surface area contributed by atoms with Crippen molar-refractivity contribution in [2.75, 3.05) is 32.9 Å². The maximum atomic E-state index is 6.10. The lowest BCUT2D eigenvalue weighted by molar-refractivity contribution is -0.155. The molecule has 2 fully saturated rings. The number of nitrogens with zero attached hydrogens (tertiary/aromatic N) is 1. The van der Waals surface area contributed by atoms with E-state index in [1.165, 1.54) is 0 Å². The van der Waals surface area contributed by atoms with Gasteiger partial charge in [0.05, 0.1) is 18.8 Å². The number of rotatable bonds is 3. The zero-order chi connectivity index (χ0) is 15.5. The molecule has 3 heterocycles. The molecule has 0 bridgehead atoms. The van der Waals surface area contributed by atoms with Crippen molar-refractivity contribution in [3.63, 3.8) is 0 Å². The van der Waals surface area contributed by atoms with Crippen molar-refractivity contribution in [1.82, 2.24) is 4.90 Å². The van der Waals surface area contributed by atoms with Crippen LogP contribution in [0.4, 0.5) is 0 Å². The molecule has 0 aliphatic carbocycles. The molecule has 0 saturated carbocycles. The van der Waals surface area contributed by atoms with Gasteiger partial charge in [0.1, 0.15) is 11.5 Å². The zero-order valence-corrected chi connectivity index (χ0v) is 13.4. The van der Waals surface area contributed by atoms with Crippen LogP contribution in [-0.4, -0.2) is 43.4 Å². The Morgan fingerprint density at radius 3 is 2.61 bits per heavy atom. The van der Waals surface area contributed by atoms with Crippen LogP contribution in [0.2, 0.25) is 0 Å². The molecule has 1 spiro atoms. The minimum absolute atomic E-state index is 0.00858. The van der Waals surface area contributed by atoms with Crippen molar-refractivity contribution in [3.8, 4) is 11.3 Å². The minimum atomic E-state index is -0.00858. The van der Waals surface area contributed by atoms with Gasteiger partial charge in [0.25, 0.3) is 0 Å². The van der Waals surface area contributed by atoms with Gasteiger partial charge in [-0.05, 0) is 12.1 Å². The van der Waals surface area contributed by atoms with Gasteiger partial charge in [0.2, 0.25) is 0 Å². The Kier molecular flexibility index (Phi) is 4.21. The molecule has 23 heavy (non-hydrogen) atoms. The van der Waals surface area contributed by atoms with Gasteiger partial charge in [-0.1, -0.05) is 30.3 Å². The molecule has 4 heteroatoms. The predicted octanol–water partition coefficient (Wildman–Crippen LogP) is 3.33. The lowest BCUT2D eigenvalue weighted by atomic mass is 9.92. The fourth-order valence-electron chi connectivity index (χ4n) is 3.55. The first-order valence-electron chi connectivity index (χ1n) is 8.41. The summed E-state index contributed by atoms with van der Waals surface area (Å²) in [5, 5.41) is 0. The van der Waals surface area contributed by atoms with E-state index in [0.29, 0.717) is 0 Å². The smallest absolute Gasteiger partial charge is 0.134 e. The van der Waals surface area contributed by atoms with Crippen molar-refractivity contribution < 1.29 is 13.9 Å². The highest BCUT2D eigenvalue weighted by atomic mass is 16.5. The number of morpholine rings is 1. The number of hydrogen-bond acceptors (Lipinski definition) is 4. The van der Waals surface area contributed by atoms with E-state index in [1.54, 1.807) is 0 Å². The van der Waals surface area contributed by atoms with Gasteiger partial charge in [0, 0.05) is 44.7 Å². The number of benzene rings is 1. The van der Waals surface area contributed by atoms with E-state index in [9.17, 15) is 0 Å². The van der Waals surface area contributed by atoms with Gasteiger partial charge in [-0.2, -0.15) is 0 Å². The summed E-state index contributed by atoms with van der Waals surface area (Å²) in [6.45, 7) is 5.20. The highest BCUT2D eigenvalue weighted by Crippen LogP contribution is 2.30. The molecule has 1 aromatic heterocycles. The first-order chi connectivity index (χ1) is 11.3. The van der Waals surface area contributed by atoms with Crippen LogP contribution >= 0.6 is 0 Å². The fraction of sp³-hybridized carbons (Fsp3) is 0.474. The topological polar surface area (TPSA) is 34.8 Å². The fourth-order valence-corrected chi connectivity index (χ4v) is 3.55. The monoisotopic (exact) mass is 313 g/mol. The quantitative estimate of drug-likeness (QED) is 0.870. The lowest BCUT2D eigenvalue weighted by Crippen LogP contribution is -2.53. The van der Waals surface area contributed by atoms with Crippen LogP contribution in [0.3, 0.4) is 0 Å². The SMILES string of the molecule is c1ccc(-c2ccc(CN3CCOC4(CCOCC4)C3)o2)cc1. The Hall–Kier alpha value is -1.62. The number of furan rings is 1. The Balaban J connectivity index is 1.43. The zero-order valence-electron chi connectivity index (χ0n) is 13.4. The van der Waals surface area contributed by atoms with E-state index in [2.05, 4.69) is 29.2 Å². The third kappa shape index (κ3) is 3.34. The highest BCUT2D eigenvalue weighted by Gasteiger charge is 2.38. The van der Waals surface area contributed by atoms with E-state index in [1.807, 2.05) is 18.2 Å². The van der Waals surface area contributed by atoms with Gasteiger partial charge in [-0.25, -0.2) is 0 Å². The third-order valence-corrected chi connectivity index (χ3v) is 4.83. The Labute approximate surface area is 137 Å². The van der Waals surface area contributed by atoms with Crippen LogP contribution in [0, 0.1) is 0 Å². The third-order valence-electron chi connectivity index (χ3n) is 4.83. The molecule has 122 valence electrons. The van der Waals surface area contributed by atoms with Crippen LogP contribution in [-0.2, 0) is 16.0 Å². The second kappa shape index (κ2) is 6.48. The van der Waals surface area contributed by atoms with E-state index in [0.717, 1.165) is 69.4 Å². The molecule has 2 aromatic rings. The number of ether oxygens (including phenoxy) is 2. The molecule has 2 saturated heterocycles. The highest BCUT2D eigenvalue weighted by molar-refractivity contribution is 5.57. The molecular weight excluding hydrogens is 290 g/mol. The average Bonchev–Trinajstić information content (AvgIpc) is 3.05. The van der Waals surface area contributed by atoms with Crippen molar-refractivity contribution in [1.29, 1.82) is 0 Å². The van der Waals surface area contributed by atoms with E-state index in [-0.39, 0.29) is 5.60 Å². The first-order valence-corrected chi connectivity index (χ1v) is 8.41. The molecule has 0 unspecified atom stereocenters. The normalized spacial score (nSPS) is 21.6. The maximum Gasteiger partial charge on any atom is 0.134 e. The van der Waals surface area contributed by atoms with Gasteiger partial charge in [-0.3, -0.25) is 4.90 Å². The largest absolute Gasteiger partial charge is 0.460 e. The summed E-state index contributed by atoms with van der Waals surface area (Å²) in [5.74, 6) is 1.96. The summed E-state index contributed by atoms with van der Waals surface area (Å²) in [6.07, 6.45) is 1.99. The standard InChI is InChI=1S/C19H23NO3/c1-2-4-16(5-3-1)18-7-6-17(23-18)14-20-10-13-22-19(15-20)8-11-21-12-9-19/h1-7H,8-15H2. The van der Waals surface area contributed by atoms with Crippen molar-refractivity contribution >= 4 is 0 Å². The molecule has 0 amide bonds. The van der Waals surface area contributed by atoms with Crippen molar-refractivity contribution in [2.24, 2.45) is 0 Å². The van der Waals surface area contributed by atoms with Gasteiger partial charge < -0.3 is 13.9 Å². The van der Waals surface area contributed by atoms with Gasteiger partial charge in [-0.15, -0.1) is 0 Å². The molecule has 4 rings (SSSR count). The minimum Gasteiger partial charge on any atom is -0.460 e. The second-order valence-corrected chi connectivity index (χ2v) is 6.49. The Morgan fingerprint density at radius 2 is 1.78 bits per heavy atom. The Morgan fingerprint density at radius 1 is 0.957 bits per heavy atom. The summed E-state index contributed by atoms with van der Waals surface area (Å²) < 4.78 is 17.6. The van der Waals surface area contributed by atoms with Gasteiger partial charge >= 0.3 is 0 Å². The second-order valence-electron chi connectivity index (χ2n) is 6.49. The van der Waals surface area contributed by atoms with E-state index >= 15 is 0 Å². The maximum absolute atomic E-state index is 6.10. The summed E-state index contributed by atoms with van der Waals surface area (Å²) in [6, 6.07) is 14.4. The Bertz CT molecular complexity index is 626. The molecular formula is C19H23NO3. The van der Waals surface area contributed by atoms with E-state index in [4.69, 9.17) is 13.9 Å². The van der Waals surface area contributed by atoms with Crippen molar-refractivity contribution in [3.05, 3.63) is 48.2 Å². The van der Waals surface area contributed by atoms with Crippen LogP contribution in [0.15, 0.2) is 46.9 Å². The summed E-state index contributed by atoms with van der Waals surface area (Å²) in [4.78, 5) is 2.45. The summed E-state index contributed by atoms with van der Waals surface area (Å²) >= 11 is 0. The van der Waals surface area contributed by atoms with Gasteiger partial charge in [0.15, 0.2) is 0 Å². The molecule has 0 radical (unpaired) electrons. The predicted molar refractivity (Wildman–Crippen MR) is 88.2 cm³/mol. The molecule has 2 aliphatic rings. The van der Waals surface area contributed by atoms with Crippen molar-refractivity contribution in [2.45, 2.75) is 25.0 Å². The van der Waals surface area contributed by atoms with E-state index < -0.39 is 0 Å². The molecule has 0 atom stereocenters. The van der Waals surface area contributed by atoms with Crippen LogP contribution < -0.4 is 0 Å². The molecule has 1 aromatic carbocycles. The molecule has 0 N–H and O–H groups in total. The molecule has 2 aliphatic heterocycles. The number of hydrogen-bond donors (Lipinski definition) is 0. The van der Waals surface area contributed by atoms with Crippen LogP contribution in [0.25, 0.3) is 11.3 Å². The average molecular weight is 313 g/mol.